The van der Waals surface area contributed by atoms with Crippen LogP contribution in [0.25, 0.3) is 0 Å². The standard InChI is InChI=1S/C32H36N2O5S/c1-37-25-17-13-23(14-18-25)32(22-9-5-4-6-10-22,24-15-19-26(38-2)20-16-24)34-27-21-40-28(30(27)33-31(34)36)11-7-8-12-29(35)39-3/h4-6,9-10,13-20,27-28,30H,7-8,11-12,21H2,1-3H3,(H,33,36). The van der Waals surface area contributed by atoms with Crippen molar-refractivity contribution in [3.63, 3.8) is 0 Å². The summed E-state index contributed by atoms with van der Waals surface area (Å²) in [7, 11) is 4.73. The van der Waals surface area contributed by atoms with Gasteiger partial charge in [0.15, 0.2) is 0 Å². The van der Waals surface area contributed by atoms with E-state index in [1.807, 2.05) is 54.2 Å². The quantitative estimate of drug-likeness (QED) is 0.142. The number of thioether (sulfide) groups is 1. The summed E-state index contributed by atoms with van der Waals surface area (Å²) in [5.41, 5.74) is 2.08. The van der Waals surface area contributed by atoms with Gasteiger partial charge in [-0.1, -0.05) is 61.0 Å². The minimum Gasteiger partial charge on any atom is -0.497 e. The third kappa shape index (κ3) is 5.12. The van der Waals surface area contributed by atoms with E-state index in [1.165, 1.54) is 7.11 Å². The van der Waals surface area contributed by atoms with Gasteiger partial charge in [-0.3, -0.25) is 4.79 Å². The second kappa shape index (κ2) is 12.3. The maximum atomic E-state index is 14.1. The van der Waals surface area contributed by atoms with E-state index < -0.39 is 5.54 Å². The van der Waals surface area contributed by atoms with Gasteiger partial charge in [0.1, 0.15) is 17.0 Å². The summed E-state index contributed by atoms with van der Waals surface area (Å²) in [6, 6.07) is 26.2. The van der Waals surface area contributed by atoms with Gasteiger partial charge in [-0.2, -0.15) is 11.8 Å². The third-order valence-corrected chi connectivity index (χ3v) is 9.54. The molecule has 8 heteroatoms. The number of carbonyl (C=O) groups is 2. The zero-order chi connectivity index (χ0) is 28.1. The maximum absolute atomic E-state index is 14.1. The van der Waals surface area contributed by atoms with Crippen LogP contribution < -0.4 is 14.8 Å². The Labute approximate surface area is 240 Å². The Morgan fingerprint density at radius 1 is 0.875 bits per heavy atom. The van der Waals surface area contributed by atoms with E-state index in [9.17, 15) is 9.59 Å². The van der Waals surface area contributed by atoms with Gasteiger partial charge in [0.05, 0.1) is 33.4 Å². The van der Waals surface area contributed by atoms with Crippen LogP contribution in [0.3, 0.4) is 0 Å². The first-order valence-corrected chi connectivity index (χ1v) is 14.7. The Kier molecular flexibility index (Phi) is 8.54. The highest BCUT2D eigenvalue weighted by Crippen LogP contribution is 2.49. The molecule has 40 heavy (non-hydrogen) atoms. The van der Waals surface area contributed by atoms with Crippen molar-refractivity contribution in [1.82, 2.24) is 10.2 Å². The number of carbonyl (C=O) groups excluding carboxylic acids is 2. The number of hydrogen-bond donors (Lipinski definition) is 1. The summed E-state index contributed by atoms with van der Waals surface area (Å²) in [4.78, 5) is 27.7. The largest absolute Gasteiger partial charge is 0.497 e. The van der Waals surface area contributed by atoms with E-state index in [-0.39, 0.29) is 29.3 Å². The van der Waals surface area contributed by atoms with Crippen LogP contribution in [0.5, 0.6) is 11.5 Å². The fourth-order valence-corrected chi connectivity index (χ4v) is 7.70. The van der Waals surface area contributed by atoms with Crippen LogP contribution in [0.4, 0.5) is 4.79 Å². The van der Waals surface area contributed by atoms with Crippen LogP contribution in [0.15, 0.2) is 78.9 Å². The van der Waals surface area contributed by atoms with E-state index in [1.54, 1.807) is 14.2 Å². The molecule has 3 aromatic carbocycles. The molecule has 3 unspecified atom stereocenters. The summed E-state index contributed by atoms with van der Waals surface area (Å²) in [5, 5.41) is 3.64. The summed E-state index contributed by atoms with van der Waals surface area (Å²) in [6.07, 6.45) is 3.05. The van der Waals surface area contributed by atoms with Crippen molar-refractivity contribution in [3.8, 4) is 11.5 Å². The lowest BCUT2D eigenvalue weighted by atomic mass is 9.74. The number of amides is 2. The van der Waals surface area contributed by atoms with E-state index in [0.29, 0.717) is 6.42 Å². The minimum absolute atomic E-state index is 0.00945. The number of rotatable bonds is 11. The zero-order valence-corrected chi connectivity index (χ0v) is 24.0. The third-order valence-electron chi connectivity index (χ3n) is 8.05. The lowest BCUT2D eigenvalue weighted by Gasteiger charge is -2.45. The summed E-state index contributed by atoms with van der Waals surface area (Å²) in [6.45, 7) is 0. The first kappa shape index (κ1) is 27.9. The number of hydrogen-bond acceptors (Lipinski definition) is 6. The number of unbranched alkanes of at least 4 members (excludes halogenated alkanes) is 1. The van der Waals surface area contributed by atoms with Crippen molar-refractivity contribution in [2.75, 3.05) is 27.1 Å². The SMILES string of the molecule is COC(=O)CCCCC1SCC2C1NC(=O)N2C(c1ccccc1)(c1ccc(OC)cc1)c1ccc(OC)cc1. The van der Waals surface area contributed by atoms with Crippen molar-refractivity contribution in [2.24, 2.45) is 0 Å². The molecule has 0 spiro atoms. The average Bonchev–Trinajstić information content (AvgIpc) is 3.55. The maximum Gasteiger partial charge on any atom is 0.319 e. The van der Waals surface area contributed by atoms with E-state index in [2.05, 4.69) is 46.6 Å². The van der Waals surface area contributed by atoms with Crippen molar-refractivity contribution >= 4 is 23.8 Å². The van der Waals surface area contributed by atoms with Gasteiger partial charge in [-0.15, -0.1) is 0 Å². The zero-order valence-electron chi connectivity index (χ0n) is 23.2. The number of fused-ring (bicyclic) bond motifs is 1. The van der Waals surface area contributed by atoms with E-state index >= 15 is 0 Å². The van der Waals surface area contributed by atoms with Crippen LogP contribution in [0.1, 0.15) is 42.4 Å². The van der Waals surface area contributed by atoms with Crippen LogP contribution in [-0.2, 0) is 15.1 Å². The molecule has 0 aromatic heterocycles. The first-order valence-electron chi connectivity index (χ1n) is 13.7. The molecule has 7 nitrogen and oxygen atoms in total. The summed E-state index contributed by atoms with van der Waals surface area (Å²) < 4.78 is 15.7. The predicted octanol–water partition coefficient (Wildman–Crippen LogP) is 5.61. The van der Waals surface area contributed by atoms with Gasteiger partial charge in [0.2, 0.25) is 0 Å². The first-order chi connectivity index (χ1) is 19.5. The van der Waals surface area contributed by atoms with Crippen molar-refractivity contribution in [3.05, 3.63) is 95.6 Å². The van der Waals surface area contributed by atoms with E-state index in [4.69, 9.17) is 14.2 Å². The normalized spacial score (nSPS) is 20.1. The molecule has 2 saturated heterocycles. The topological polar surface area (TPSA) is 77.1 Å². The summed E-state index contributed by atoms with van der Waals surface area (Å²) in [5.74, 6) is 2.16. The molecule has 2 aliphatic heterocycles. The smallest absolute Gasteiger partial charge is 0.319 e. The molecule has 0 aliphatic carbocycles. The molecule has 2 aliphatic rings. The fourth-order valence-electron chi connectivity index (χ4n) is 6.11. The van der Waals surface area contributed by atoms with Gasteiger partial charge >= 0.3 is 12.0 Å². The number of urea groups is 1. The second-order valence-corrected chi connectivity index (χ2v) is 11.4. The number of benzene rings is 3. The number of ether oxygens (including phenoxy) is 3. The predicted molar refractivity (Wildman–Crippen MR) is 157 cm³/mol. The van der Waals surface area contributed by atoms with Crippen molar-refractivity contribution in [2.45, 2.75) is 48.6 Å². The molecule has 3 aromatic rings. The number of nitrogens with one attached hydrogen (secondary N) is 1. The van der Waals surface area contributed by atoms with Crippen LogP contribution in [0, 0.1) is 0 Å². The van der Waals surface area contributed by atoms with Gasteiger partial charge < -0.3 is 24.4 Å². The molecule has 0 saturated carbocycles. The number of esters is 1. The molecule has 1 N–H and O–H groups in total. The monoisotopic (exact) mass is 560 g/mol. The van der Waals surface area contributed by atoms with Gasteiger partial charge in [0, 0.05) is 17.4 Å². The molecular weight excluding hydrogens is 524 g/mol. The molecule has 2 fully saturated rings. The average molecular weight is 561 g/mol. The molecule has 2 heterocycles. The van der Waals surface area contributed by atoms with E-state index in [0.717, 1.165) is 53.2 Å². The Balaban J connectivity index is 1.58. The highest BCUT2D eigenvalue weighted by Gasteiger charge is 2.57. The molecule has 0 bridgehead atoms. The van der Waals surface area contributed by atoms with Gasteiger partial charge in [0.25, 0.3) is 0 Å². The Bertz CT molecular complexity index is 1250. The summed E-state index contributed by atoms with van der Waals surface area (Å²) >= 11 is 1.91. The van der Waals surface area contributed by atoms with Gasteiger partial charge in [-0.05, 0) is 53.8 Å². The van der Waals surface area contributed by atoms with Crippen molar-refractivity contribution < 1.29 is 23.8 Å². The van der Waals surface area contributed by atoms with Crippen molar-refractivity contribution in [1.29, 1.82) is 0 Å². The second-order valence-electron chi connectivity index (χ2n) is 10.1. The van der Waals surface area contributed by atoms with Gasteiger partial charge in [-0.25, -0.2) is 4.79 Å². The number of methoxy groups -OCH3 is 3. The number of nitrogens with zero attached hydrogens (tertiary/aromatic N) is 1. The minimum atomic E-state index is -0.885. The molecule has 210 valence electrons. The molecule has 0 radical (unpaired) electrons. The Morgan fingerprint density at radius 2 is 1.45 bits per heavy atom. The lowest BCUT2D eigenvalue weighted by Crippen LogP contribution is -2.53. The molecular formula is C32H36N2O5S. The van der Waals surface area contributed by atoms with Crippen LogP contribution in [-0.4, -0.2) is 61.3 Å². The highest BCUT2D eigenvalue weighted by molar-refractivity contribution is 8.00. The fraction of sp³-hybridized carbons (Fsp3) is 0.375. The highest BCUT2D eigenvalue weighted by atomic mass is 32.2. The lowest BCUT2D eigenvalue weighted by molar-refractivity contribution is -0.140. The van der Waals surface area contributed by atoms with Crippen LogP contribution >= 0.6 is 11.8 Å². The molecule has 3 atom stereocenters. The Morgan fingerprint density at radius 3 is 2.00 bits per heavy atom. The molecule has 5 rings (SSSR count). The van der Waals surface area contributed by atoms with Crippen LogP contribution in [0.2, 0.25) is 0 Å². The molecule has 2 amide bonds. The Hall–Kier alpha value is -3.65.